The molecule has 1 aliphatic heterocycles. The summed E-state index contributed by atoms with van der Waals surface area (Å²) in [6.45, 7) is 4.64. The van der Waals surface area contributed by atoms with Crippen molar-refractivity contribution in [3.8, 4) is 0 Å². The lowest BCUT2D eigenvalue weighted by molar-refractivity contribution is 0.0951. The summed E-state index contributed by atoms with van der Waals surface area (Å²) in [6, 6.07) is 21.4. The van der Waals surface area contributed by atoms with Crippen LogP contribution in [0.4, 0.5) is 10.3 Å². The van der Waals surface area contributed by atoms with Crippen LogP contribution in [0, 0.1) is 11.7 Å². The molecule has 1 saturated carbocycles. The Bertz CT molecular complexity index is 1480. The van der Waals surface area contributed by atoms with Crippen molar-refractivity contribution < 1.29 is 9.18 Å². The average Bonchev–Trinajstić information content (AvgIpc) is 3.49. The first-order valence-electron chi connectivity index (χ1n) is 14.7. The van der Waals surface area contributed by atoms with Crippen molar-refractivity contribution in [2.24, 2.45) is 5.92 Å². The number of carbonyl (C=O) groups is 1. The highest BCUT2D eigenvalue weighted by molar-refractivity contribution is 5.95. The van der Waals surface area contributed by atoms with E-state index in [2.05, 4.69) is 53.5 Å². The molecule has 2 aliphatic rings. The van der Waals surface area contributed by atoms with Gasteiger partial charge in [-0.1, -0.05) is 74.4 Å². The van der Waals surface area contributed by atoms with Gasteiger partial charge in [-0.05, 0) is 72.1 Å². The number of fused-ring (bicyclic) bond motifs is 1. The van der Waals surface area contributed by atoms with Crippen LogP contribution in [0.5, 0.6) is 0 Å². The van der Waals surface area contributed by atoms with Gasteiger partial charge in [0.15, 0.2) is 0 Å². The molecule has 0 atom stereocenters. The van der Waals surface area contributed by atoms with Crippen LogP contribution < -0.4 is 10.2 Å². The van der Waals surface area contributed by atoms with E-state index in [1.807, 2.05) is 18.2 Å². The zero-order valence-electron chi connectivity index (χ0n) is 23.2. The third kappa shape index (κ3) is 5.19. The van der Waals surface area contributed by atoms with Crippen LogP contribution in [0.1, 0.15) is 72.6 Å². The molecule has 2 fully saturated rings. The highest BCUT2D eigenvalue weighted by Crippen LogP contribution is 2.47. The Labute approximate surface area is 235 Å². The summed E-state index contributed by atoms with van der Waals surface area (Å²) in [5.41, 5.74) is 3.11. The number of aromatic nitrogens is 2. The van der Waals surface area contributed by atoms with Gasteiger partial charge in [0.05, 0.1) is 11.3 Å². The maximum atomic E-state index is 13.9. The van der Waals surface area contributed by atoms with Crippen molar-refractivity contribution in [3.05, 3.63) is 101 Å². The van der Waals surface area contributed by atoms with Gasteiger partial charge >= 0.3 is 0 Å². The van der Waals surface area contributed by atoms with Gasteiger partial charge in [0.2, 0.25) is 5.95 Å². The molecule has 0 bridgehead atoms. The van der Waals surface area contributed by atoms with E-state index in [-0.39, 0.29) is 11.7 Å². The Morgan fingerprint density at radius 3 is 2.50 bits per heavy atom. The summed E-state index contributed by atoms with van der Waals surface area (Å²) >= 11 is 0. The number of piperidine rings is 1. The van der Waals surface area contributed by atoms with Crippen molar-refractivity contribution in [2.75, 3.05) is 24.5 Å². The molecule has 6 rings (SSSR count). The average molecular weight is 537 g/mol. The van der Waals surface area contributed by atoms with Gasteiger partial charge in [0, 0.05) is 31.2 Å². The number of anilines is 1. The SMILES string of the molecule is CC1CCN(c2ncc(C(=O)NCCc3cccc4ccccc34)c(C3(c4ccc(F)cc4)CCCC3)n2)CC1. The molecule has 1 aromatic heterocycles. The first kappa shape index (κ1) is 26.4. The van der Waals surface area contributed by atoms with Gasteiger partial charge in [-0.25, -0.2) is 14.4 Å². The quantitative estimate of drug-likeness (QED) is 0.281. The van der Waals surface area contributed by atoms with Gasteiger partial charge in [0.1, 0.15) is 5.82 Å². The van der Waals surface area contributed by atoms with Gasteiger partial charge in [0.25, 0.3) is 5.91 Å². The minimum absolute atomic E-state index is 0.151. The van der Waals surface area contributed by atoms with Crippen molar-refractivity contribution >= 4 is 22.6 Å². The summed E-state index contributed by atoms with van der Waals surface area (Å²) < 4.78 is 13.9. The van der Waals surface area contributed by atoms with Crippen LogP contribution >= 0.6 is 0 Å². The van der Waals surface area contributed by atoms with Crippen LogP contribution in [0.2, 0.25) is 0 Å². The molecule has 6 heteroatoms. The molecule has 206 valence electrons. The fraction of sp³-hybridized carbons (Fsp3) is 0.382. The molecule has 1 amide bonds. The normalized spacial score (nSPS) is 17.3. The number of rotatable bonds is 7. The van der Waals surface area contributed by atoms with E-state index in [1.54, 1.807) is 6.20 Å². The molecule has 5 nitrogen and oxygen atoms in total. The van der Waals surface area contributed by atoms with E-state index in [1.165, 1.54) is 28.5 Å². The van der Waals surface area contributed by atoms with E-state index in [0.29, 0.717) is 24.0 Å². The van der Waals surface area contributed by atoms with E-state index in [9.17, 15) is 9.18 Å². The lowest BCUT2D eigenvalue weighted by Crippen LogP contribution is -2.37. The highest BCUT2D eigenvalue weighted by atomic mass is 19.1. The molecule has 2 heterocycles. The third-order valence-corrected chi connectivity index (χ3v) is 8.95. The largest absolute Gasteiger partial charge is 0.352 e. The van der Waals surface area contributed by atoms with Crippen molar-refractivity contribution in [1.82, 2.24) is 15.3 Å². The number of hydrogen-bond acceptors (Lipinski definition) is 4. The lowest BCUT2D eigenvalue weighted by atomic mass is 9.74. The number of amides is 1. The minimum Gasteiger partial charge on any atom is -0.352 e. The Morgan fingerprint density at radius 2 is 1.73 bits per heavy atom. The molecule has 4 aromatic rings. The predicted octanol–water partition coefficient (Wildman–Crippen LogP) is 6.84. The van der Waals surface area contributed by atoms with Crippen LogP contribution in [0.3, 0.4) is 0 Å². The number of hydrogen-bond donors (Lipinski definition) is 1. The first-order valence-corrected chi connectivity index (χ1v) is 14.7. The molecule has 1 N–H and O–H groups in total. The first-order chi connectivity index (χ1) is 19.5. The second kappa shape index (κ2) is 11.4. The van der Waals surface area contributed by atoms with E-state index in [0.717, 1.165) is 69.3 Å². The Morgan fingerprint density at radius 1 is 1.00 bits per heavy atom. The maximum absolute atomic E-state index is 13.9. The van der Waals surface area contributed by atoms with E-state index >= 15 is 0 Å². The van der Waals surface area contributed by atoms with Crippen molar-refractivity contribution in [1.29, 1.82) is 0 Å². The molecule has 3 aromatic carbocycles. The van der Waals surface area contributed by atoms with Crippen LogP contribution in [0.25, 0.3) is 10.8 Å². The highest BCUT2D eigenvalue weighted by Gasteiger charge is 2.42. The topological polar surface area (TPSA) is 58.1 Å². The fourth-order valence-corrected chi connectivity index (χ4v) is 6.59. The van der Waals surface area contributed by atoms with Crippen LogP contribution in [-0.4, -0.2) is 35.5 Å². The Balaban J connectivity index is 1.32. The smallest absolute Gasteiger partial charge is 0.254 e. The number of benzene rings is 3. The molecule has 1 saturated heterocycles. The second-order valence-corrected chi connectivity index (χ2v) is 11.5. The predicted molar refractivity (Wildman–Crippen MR) is 158 cm³/mol. The summed E-state index contributed by atoms with van der Waals surface area (Å²) in [5, 5.41) is 5.58. The van der Waals surface area contributed by atoms with E-state index < -0.39 is 5.41 Å². The molecule has 0 radical (unpaired) electrons. The summed E-state index contributed by atoms with van der Waals surface area (Å²) in [7, 11) is 0. The summed E-state index contributed by atoms with van der Waals surface area (Å²) in [6.07, 6.45) is 8.52. The van der Waals surface area contributed by atoms with Gasteiger partial charge in [-0.15, -0.1) is 0 Å². The maximum Gasteiger partial charge on any atom is 0.254 e. The Hall–Kier alpha value is -3.80. The zero-order chi connectivity index (χ0) is 27.5. The minimum atomic E-state index is -0.434. The van der Waals surface area contributed by atoms with E-state index in [4.69, 9.17) is 9.97 Å². The lowest BCUT2D eigenvalue weighted by Gasteiger charge is -2.34. The summed E-state index contributed by atoms with van der Waals surface area (Å²) in [4.78, 5) is 25.9. The number of nitrogens with zero attached hydrogens (tertiary/aromatic N) is 3. The fourth-order valence-electron chi connectivity index (χ4n) is 6.59. The van der Waals surface area contributed by atoms with Gasteiger partial charge in [-0.3, -0.25) is 4.79 Å². The number of halogens is 1. The van der Waals surface area contributed by atoms with Crippen molar-refractivity contribution in [2.45, 2.75) is 57.3 Å². The van der Waals surface area contributed by atoms with Crippen molar-refractivity contribution in [3.63, 3.8) is 0 Å². The van der Waals surface area contributed by atoms with Crippen LogP contribution in [-0.2, 0) is 11.8 Å². The summed E-state index contributed by atoms with van der Waals surface area (Å²) in [5.74, 6) is 0.988. The molecule has 40 heavy (non-hydrogen) atoms. The van der Waals surface area contributed by atoms with Crippen LogP contribution in [0.15, 0.2) is 72.9 Å². The molecule has 0 spiro atoms. The molecular formula is C34H37FN4O. The Kier molecular flexibility index (Phi) is 7.50. The zero-order valence-corrected chi connectivity index (χ0v) is 23.2. The second-order valence-electron chi connectivity index (χ2n) is 11.5. The molecule has 1 aliphatic carbocycles. The monoisotopic (exact) mass is 536 g/mol. The number of carbonyl (C=O) groups excluding carboxylic acids is 1. The standard InChI is InChI=1S/C34H37FN4O/c1-24-16-21-39(22-17-24)33-37-23-30(31(38-33)34(18-4-5-19-34)27-11-13-28(35)14-12-27)32(40)36-20-15-26-9-6-8-25-7-2-3-10-29(25)26/h2-3,6-14,23-24H,4-5,15-22H2,1H3,(H,36,40). The number of nitrogens with one attached hydrogen (secondary N) is 1. The molecular weight excluding hydrogens is 499 g/mol. The third-order valence-electron chi connectivity index (χ3n) is 8.95. The van der Waals surface area contributed by atoms with Gasteiger partial charge < -0.3 is 10.2 Å². The van der Waals surface area contributed by atoms with Gasteiger partial charge in [-0.2, -0.15) is 0 Å². The molecule has 0 unspecified atom stereocenters.